The highest BCUT2D eigenvalue weighted by molar-refractivity contribution is 7.91. The van der Waals surface area contributed by atoms with E-state index in [1.165, 1.54) is 4.90 Å². The van der Waals surface area contributed by atoms with Crippen LogP contribution in [0.15, 0.2) is 36.4 Å². The topological polar surface area (TPSA) is 203 Å². The normalized spacial score (nSPS) is 30.2. The van der Waals surface area contributed by atoms with E-state index in [1.54, 1.807) is 32.2 Å². The molecule has 1 saturated heterocycles. The lowest BCUT2D eigenvalue weighted by atomic mass is 9.88. The highest BCUT2D eigenvalue weighted by atomic mass is 32.2. The number of rotatable bonds is 9. The average molecular weight is 770 g/mol. The Morgan fingerprint density at radius 3 is 2.54 bits per heavy atom. The van der Waals surface area contributed by atoms with Crippen molar-refractivity contribution in [1.82, 2.24) is 25.2 Å². The van der Waals surface area contributed by atoms with E-state index in [2.05, 4.69) is 20.3 Å². The van der Waals surface area contributed by atoms with Crippen molar-refractivity contribution in [2.45, 2.75) is 114 Å². The number of benzene rings is 1. The first-order valence-corrected chi connectivity index (χ1v) is 20.1. The molecule has 7 atom stereocenters. The monoisotopic (exact) mass is 769 g/mol. The number of ether oxygens (including phenoxy) is 3. The van der Waals surface area contributed by atoms with Crippen molar-refractivity contribution in [2.75, 3.05) is 13.7 Å². The van der Waals surface area contributed by atoms with Gasteiger partial charge in [-0.1, -0.05) is 26.0 Å². The number of hydrogen-bond donors (Lipinski definition) is 4. The number of hydrogen-bond acceptors (Lipinski definition) is 10. The van der Waals surface area contributed by atoms with E-state index in [1.807, 2.05) is 45.9 Å². The minimum Gasteiger partial charge on any atom is -0.497 e. The highest BCUT2D eigenvalue weighted by Crippen LogP contribution is 2.47. The van der Waals surface area contributed by atoms with Gasteiger partial charge < -0.3 is 34.9 Å². The van der Waals surface area contributed by atoms with Crippen LogP contribution in [-0.4, -0.2) is 95.5 Å². The molecule has 3 heterocycles. The molecule has 2 aliphatic heterocycles. The van der Waals surface area contributed by atoms with Gasteiger partial charge in [0.25, 0.3) is 5.91 Å². The van der Waals surface area contributed by atoms with Gasteiger partial charge in [-0.25, -0.2) is 13.2 Å². The average Bonchev–Trinajstić information content (AvgIpc) is 3.98. The molecule has 0 unspecified atom stereocenters. The molecule has 4 aliphatic rings. The maximum Gasteiger partial charge on any atom is 0.405 e. The third-order valence-corrected chi connectivity index (χ3v) is 13.3. The number of nitrogens with zero attached hydrogens (tertiary/aromatic N) is 2. The van der Waals surface area contributed by atoms with E-state index < -0.39 is 74.1 Å². The molecular formula is C38H51N5O10S. The van der Waals surface area contributed by atoms with E-state index >= 15 is 0 Å². The van der Waals surface area contributed by atoms with E-state index in [0.717, 1.165) is 11.8 Å². The number of methoxy groups -OCH3 is 1. The van der Waals surface area contributed by atoms with Gasteiger partial charge >= 0.3 is 6.09 Å². The lowest BCUT2D eigenvalue weighted by Gasteiger charge is -2.32. The van der Waals surface area contributed by atoms with Crippen LogP contribution in [0.1, 0.15) is 79.6 Å². The molecule has 2 aliphatic carbocycles. The number of carbonyl (C=O) groups excluding carboxylic acids is 3. The molecule has 4 amide bonds. The summed E-state index contributed by atoms with van der Waals surface area (Å²) < 4.78 is 45.3. The summed E-state index contributed by atoms with van der Waals surface area (Å²) >= 11 is 0. The summed E-state index contributed by atoms with van der Waals surface area (Å²) in [6, 6.07) is 4.75. The fourth-order valence-corrected chi connectivity index (χ4v) is 8.90. The first-order valence-electron chi connectivity index (χ1n) is 18.6. The second kappa shape index (κ2) is 14.9. The molecule has 3 fully saturated rings. The number of amides is 4. The molecule has 16 heteroatoms. The van der Waals surface area contributed by atoms with Gasteiger partial charge in [-0.2, -0.15) is 4.98 Å². The summed E-state index contributed by atoms with van der Waals surface area (Å²) in [6.07, 6.45) is 4.31. The van der Waals surface area contributed by atoms with Crippen molar-refractivity contribution in [3.05, 3.63) is 36.4 Å². The van der Waals surface area contributed by atoms with Crippen molar-refractivity contribution in [3.8, 4) is 17.5 Å². The van der Waals surface area contributed by atoms with Crippen molar-refractivity contribution in [3.63, 3.8) is 0 Å². The van der Waals surface area contributed by atoms with Gasteiger partial charge in [0.2, 0.25) is 33.6 Å². The van der Waals surface area contributed by atoms with Crippen LogP contribution in [0.4, 0.5) is 4.79 Å². The molecule has 1 aromatic heterocycles. The Morgan fingerprint density at radius 2 is 1.87 bits per heavy atom. The molecule has 0 radical (unpaired) electrons. The fraction of sp³-hybridized carbons (Fsp3) is 0.605. The van der Waals surface area contributed by atoms with Crippen molar-refractivity contribution in [2.24, 2.45) is 17.8 Å². The van der Waals surface area contributed by atoms with Crippen LogP contribution in [0.5, 0.6) is 17.5 Å². The van der Waals surface area contributed by atoms with Crippen LogP contribution in [-0.2, 0) is 24.4 Å². The minimum atomic E-state index is -4.01. The Hall–Kier alpha value is -4.60. The van der Waals surface area contributed by atoms with Crippen LogP contribution in [0, 0.1) is 17.8 Å². The minimum absolute atomic E-state index is 0.0225. The molecular weight excluding hydrogens is 719 g/mol. The molecule has 15 nitrogen and oxygen atoms in total. The summed E-state index contributed by atoms with van der Waals surface area (Å²) in [5.74, 6) is -1.79. The summed E-state index contributed by atoms with van der Waals surface area (Å²) in [4.78, 5) is 60.7. The number of pyridine rings is 1. The van der Waals surface area contributed by atoms with Gasteiger partial charge in [-0.05, 0) is 94.7 Å². The molecule has 2 aromatic rings. The van der Waals surface area contributed by atoms with Gasteiger partial charge in [0, 0.05) is 23.8 Å². The van der Waals surface area contributed by atoms with Crippen molar-refractivity contribution < 1.29 is 46.9 Å². The lowest BCUT2D eigenvalue weighted by Crippen LogP contribution is -2.59. The number of fused-ring (bicyclic) bond motifs is 3. The summed E-state index contributed by atoms with van der Waals surface area (Å²) in [6.45, 7) is 9.04. The zero-order valence-electron chi connectivity index (χ0n) is 31.6. The predicted octanol–water partition coefficient (Wildman–Crippen LogP) is 3.90. The van der Waals surface area contributed by atoms with Crippen molar-refractivity contribution >= 4 is 44.6 Å². The largest absolute Gasteiger partial charge is 0.497 e. The van der Waals surface area contributed by atoms with Crippen LogP contribution in [0.2, 0.25) is 0 Å². The first kappa shape index (κ1) is 39.1. The molecule has 54 heavy (non-hydrogen) atoms. The Balaban J connectivity index is 1.36. The number of aromatic nitrogens is 1. The molecule has 2 saturated carbocycles. The van der Waals surface area contributed by atoms with Gasteiger partial charge in [-0.15, -0.1) is 0 Å². The molecule has 294 valence electrons. The SMILES string of the molecule is COc1ccc2c(O[C@@H]3C[C@H]4C(=O)N[C@]5(C(=O)NS(=O)(=O)C6(C)CC6)C[C@H]5/C=C\CC[C@@H](C)C[C@@H](C)[C@H](NC(=O)O)C(=O)N4C3)nc(OC(C)C)cc2c1. The highest BCUT2D eigenvalue weighted by Gasteiger charge is 2.63. The van der Waals surface area contributed by atoms with Crippen LogP contribution < -0.4 is 29.6 Å². The smallest absolute Gasteiger partial charge is 0.405 e. The third kappa shape index (κ3) is 8.08. The Morgan fingerprint density at radius 1 is 1.13 bits per heavy atom. The van der Waals surface area contributed by atoms with Gasteiger partial charge in [0.05, 0.1) is 24.5 Å². The van der Waals surface area contributed by atoms with Crippen LogP contribution >= 0.6 is 0 Å². The first-order chi connectivity index (χ1) is 25.4. The maximum atomic E-state index is 14.5. The quantitative estimate of drug-likeness (QED) is 0.270. The summed E-state index contributed by atoms with van der Waals surface area (Å²) in [5, 5.41) is 16.4. The Bertz CT molecular complexity index is 1950. The number of carbonyl (C=O) groups is 4. The number of allylic oxidation sites excluding steroid dienone is 1. The van der Waals surface area contributed by atoms with Crippen molar-refractivity contribution in [1.29, 1.82) is 0 Å². The molecule has 0 bridgehead atoms. The standard InChI is InChI=1S/C38H51N5O10S/c1-21(2)52-30-17-24-16-26(51-6)11-12-28(24)33(39-30)53-27-18-29-32(44)41-38(35(46)42-54(49,50)37(5)13-14-37)19-25(38)10-8-7-9-22(3)15-23(4)31(40-36(47)48)34(45)43(29)20-27/h8,10-12,16-17,21-23,25,27,29,31,40H,7,9,13-15,18-20H2,1-6H3,(H,41,44)(H,42,46)(H,47,48)/b10-8-/t22-,23-,25-,27-,29+,31+,38-/m1/s1. The lowest BCUT2D eigenvalue weighted by molar-refractivity contribution is -0.142. The number of sulfonamides is 1. The number of nitrogens with one attached hydrogen (secondary N) is 3. The molecule has 1 aromatic carbocycles. The Labute approximate surface area is 315 Å². The van der Waals surface area contributed by atoms with Crippen LogP contribution in [0.25, 0.3) is 10.8 Å². The second-order valence-corrected chi connectivity index (χ2v) is 18.1. The zero-order chi connectivity index (χ0) is 39.2. The van der Waals surface area contributed by atoms with E-state index in [-0.39, 0.29) is 37.3 Å². The van der Waals surface area contributed by atoms with E-state index in [0.29, 0.717) is 42.7 Å². The van der Waals surface area contributed by atoms with Gasteiger partial charge in [0.15, 0.2) is 0 Å². The van der Waals surface area contributed by atoms with Gasteiger partial charge in [0.1, 0.15) is 29.5 Å². The maximum absolute atomic E-state index is 14.5. The van der Waals surface area contributed by atoms with E-state index in [9.17, 15) is 32.7 Å². The molecule has 0 spiro atoms. The van der Waals surface area contributed by atoms with Gasteiger partial charge in [-0.3, -0.25) is 19.1 Å². The summed E-state index contributed by atoms with van der Waals surface area (Å²) in [5.41, 5.74) is -1.56. The third-order valence-electron chi connectivity index (χ3n) is 11.1. The fourth-order valence-electron chi connectivity index (χ4n) is 7.59. The molecule has 4 N–H and O–H groups in total. The molecule has 6 rings (SSSR count). The summed E-state index contributed by atoms with van der Waals surface area (Å²) in [7, 11) is -2.46. The zero-order valence-corrected chi connectivity index (χ0v) is 32.4. The van der Waals surface area contributed by atoms with E-state index in [4.69, 9.17) is 14.2 Å². The second-order valence-electron chi connectivity index (χ2n) is 15.9. The predicted molar refractivity (Wildman–Crippen MR) is 199 cm³/mol. The number of carboxylic acid groups (broad SMARTS) is 1. The Kier molecular flexibility index (Phi) is 10.8. The van der Waals surface area contributed by atoms with Crippen LogP contribution in [0.3, 0.4) is 0 Å².